The monoisotopic (exact) mass is 466 g/mol. The summed E-state index contributed by atoms with van der Waals surface area (Å²) in [6, 6.07) is 33.2. The zero-order valence-electron chi connectivity index (χ0n) is 16.2. The van der Waals surface area contributed by atoms with Crippen LogP contribution in [-0.2, 0) is 23.5 Å². The van der Waals surface area contributed by atoms with Gasteiger partial charge >= 0.3 is 35.6 Å². The van der Waals surface area contributed by atoms with Gasteiger partial charge in [0.05, 0.1) is 0 Å². The van der Waals surface area contributed by atoms with Crippen LogP contribution < -0.4 is 0 Å². The summed E-state index contributed by atoms with van der Waals surface area (Å²) < 4.78 is 0. The molecule has 1 N–H and O–H groups in total. The van der Waals surface area contributed by atoms with E-state index in [1.807, 2.05) is 42.5 Å². The number of rotatable bonds is 3. The summed E-state index contributed by atoms with van der Waals surface area (Å²) in [6.07, 6.45) is 0.305. The van der Waals surface area contributed by atoms with Gasteiger partial charge in [0, 0.05) is 0 Å². The van der Waals surface area contributed by atoms with Crippen molar-refractivity contribution in [1.29, 1.82) is 0 Å². The molecular weight excluding hydrogens is 447 g/mol. The minimum absolute atomic E-state index is 0.556. The average molecular weight is 467 g/mol. The Hall–Kier alpha value is -1.87. The maximum atomic E-state index is 11.1. The van der Waals surface area contributed by atoms with Crippen molar-refractivity contribution in [3.63, 3.8) is 0 Å². The van der Waals surface area contributed by atoms with Crippen LogP contribution >= 0.6 is 18.6 Å². The number of aliphatic hydroxyl groups excluding tert-OH is 1. The Morgan fingerprint density at radius 3 is 1.90 bits per heavy atom. The van der Waals surface area contributed by atoms with E-state index in [1.54, 1.807) is 0 Å². The third-order valence-corrected chi connectivity index (χ3v) is 5.51. The fourth-order valence-electron chi connectivity index (χ4n) is 4.21. The predicted octanol–water partition coefficient (Wildman–Crippen LogP) is 7.38. The summed E-state index contributed by atoms with van der Waals surface area (Å²) in [7, 11) is 9.78. The van der Waals surface area contributed by atoms with Gasteiger partial charge in [-0.1, -0.05) is 97.1 Å². The molecule has 1 unspecified atom stereocenters. The number of hydrogen-bond acceptors (Lipinski definition) is 1. The molecule has 4 aromatic rings. The molecular formula is C26H20Cl2OTi. The number of aliphatic hydroxyl groups is 1. The molecule has 0 fully saturated rings. The van der Waals surface area contributed by atoms with E-state index in [9.17, 15) is 5.11 Å². The molecule has 1 nitrogen and oxygen atoms in total. The van der Waals surface area contributed by atoms with Gasteiger partial charge < -0.3 is 5.11 Å². The maximum absolute atomic E-state index is 11.1. The van der Waals surface area contributed by atoms with Crippen molar-refractivity contribution in [3.05, 3.63) is 119 Å². The number of benzene rings is 4. The van der Waals surface area contributed by atoms with Crippen molar-refractivity contribution in [1.82, 2.24) is 0 Å². The van der Waals surface area contributed by atoms with Gasteiger partial charge in [0.1, 0.15) is 6.10 Å². The Morgan fingerprint density at radius 1 is 0.633 bits per heavy atom. The van der Waals surface area contributed by atoms with E-state index in [0.717, 1.165) is 23.1 Å². The van der Waals surface area contributed by atoms with Crippen molar-refractivity contribution < 1.29 is 22.1 Å². The predicted molar refractivity (Wildman–Crippen MR) is 122 cm³/mol. The van der Waals surface area contributed by atoms with Crippen LogP contribution in [0.15, 0.2) is 97.1 Å². The molecule has 0 radical (unpaired) electrons. The average Bonchev–Trinajstić information content (AvgIpc) is 3.19. The number of fused-ring (bicyclic) bond motifs is 3. The quantitative estimate of drug-likeness (QED) is 0.275. The Balaban J connectivity index is 0.000000687. The summed E-state index contributed by atoms with van der Waals surface area (Å²) in [5.41, 5.74) is 9.57. The van der Waals surface area contributed by atoms with Crippen LogP contribution in [0, 0.1) is 0 Å². The Labute approximate surface area is 194 Å². The van der Waals surface area contributed by atoms with Gasteiger partial charge in [-0.15, -0.1) is 0 Å². The van der Waals surface area contributed by atoms with Gasteiger partial charge in [0.25, 0.3) is 0 Å². The first-order valence-electron chi connectivity index (χ1n) is 9.73. The summed E-state index contributed by atoms with van der Waals surface area (Å²) in [5, 5.41) is 11.1. The summed E-state index contributed by atoms with van der Waals surface area (Å²) >= 11 is -0.556. The van der Waals surface area contributed by atoms with Crippen molar-refractivity contribution in [2.75, 3.05) is 0 Å². The van der Waals surface area contributed by atoms with Crippen molar-refractivity contribution in [3.8, 4) is 22.3 Å². The molecule has 4 aromatic carbocycles. The fourth-order valence-corrected chi connectivity index (χ4v) is 4.21. The van der Waals surface area contributed by atoms with E-state index in [0.29, 0.717) is 0 Å². The van der Waals surface area contributed by atoms with Crippen molar-refractivity contribution in [2.24, 2.45) is 0 Å². The second kappa shape index (κ2) is 9.96. The topological polar surface area (TPSA) is 20.2 Å². The molecule has 0 saturated carbocycles. The van der Waals surface area contributed by atoms with Crippen molar-refractivity contribution in [2.45, 2.75) is 12.5 Å². The molecule has 0 aliphatic heterocycles. The van der Waals surface area contributed by atoms with Crippen LogP contribution in [0.1, 0.15) is 28.4 Å². The van der Waals surface area contributed by atoms with Gasteiger partial charge in [-0.3, -0.25) is 0 Å². The number of hydrogen-bond donors (Lipinski definition) is 1. The molecule has 0 spiro atoms. The van der Waals surface area contributed by atoms with E-state index < -0.39 is 23.1 Å². The molecule has 1 aliphatic carbocycles. The summed E-state index contributed by atoms with van der Waals surface area (Å²) in [4.78, 5) is 0. The summed E-state index contributed by atoms with van der Waals surface area (Å²) in [6.45, 7) is 0. The first-order valence-corrected chi connectivity index (χ1v) is 14.0. The van der Waals surface area contributed by atoms with E-state index in [4.69, 9.17) is 18.6 Å². The Bertz CT molecular complexity index is 1140. The normalized spacial score (nSPS) is 12.2. The second-order valence-corrected chi connectivity index (χ2v) is 9.72. The molecule has 0 amide bonds. The van der Waals surface area contributed by atoms with Gasteiger partial charge in [-0.2, -0.15) is 0 Å². The molecule has 0 aromatic heterocycles. The second-order valence-electron chi connectivity index (χ2n) is 7.14. The van der Waals surface area contributed by atoms with E-state index in [2.05, 4.69) is 54.6 Å². The van der Waals surface area contributed by atoms with Crippen LogP contribution in [0.5, 0.6) is 0 Å². The first-order chi connectivity index (χ1) is 14.7. The van der Waals surface area contributed by atoms with E-state index >= 15 is 0 Å². The van der Waals surface area contributed by atoms with E-state index in [-0.39, 0.29) is 0 Å². The van der Waals surface area contributed by atoms with Crippen LogP contribution in [0.25, 0.3) is 22.3 Å². The van der Waals surface area contributed by atoms with Gasteiger partial charge in [-0.05, 0) is 50.9 Å². The standard InChI is InChI=1S/C26H20O.2ClH.Ti/c27-26(18-9-2-1-3-10-18)24-14-7-6-13-22(24)23-16-8-15-21-20-12-5-4-11-19(20)17-25(21)23;;;/h1-16,26-27H,17H2;2*1H;/q;;;+2/p-2. The Kier molecular flexibility index (Phi) is 7.10. The van der Waals surface area contributed by atoms with E-state index in [1.165, 1.54) is 27.8 Å². The first kappa shape index (κ1) is 21.4. The van der Waals surface area contributed by atoms with Crippen molar-refractivity contribution >= 4 is 18.6 Å². The van der Waals surface area contributed by atoms with Gasteiger partial charge in [0.15, 0.2) is 0 Å². The molecule has 4 heteroatoms. The molecule has 148 valence electrons. The number of halogens is 2. The van der Waals surface area contributed by atoms with Crippen LogP contribution in [0.3, 0.4) is 0 Å². The molecule has 5 rings (SSSR count). The molecule has 30 heavy (non-hydrogen) atoms. The van der Waals surface area contributed by atoms with Crippen LogP contribution in [0.4, 0.5) is 0 Å². The van der Waals surface area contributed by atoms with Crippen LogP contribution in [-0.4, -0.2) is 5.11 Å². The SMILES string of the molecule is OC(c1ccccc1)c1ccccc1-c1cccc2c1Cc1ccccc1-2.[Cl][Ti][Cl]. The Morgan fingerprint density at radius 2 is 1.17 bits per heavy atom. The zero-order chi connectivity index (χ0) is 20.9. The van der Waals surface area contributed by atoms with Crippen LogP contribution in [0.2, 0.25) is 0 Å². The molecule has 0 saturated heterocycles. The fraction of sp³-hybridized carbons (Fsp3) is 0.0769. The third kappa shape index (κ3) is 4.28. The zero-order valence-corrected chi connectivity index (χ0v) is 19.3. The summed E-state index contributed by atoms with van der Waals surface area (Å²) in [5.74, 6) is 0. The minimum atomic E-state index is -0.637. The molecule has 1 aliphatic rings. The molecule has 0 heterocycles. The van der Waals surface area contributed by atoms with Gasteiger partial charge in [0.2, 0.25) is 0 Å². The third-order valence-electron chi connectivity index (χ3n) is 5.51. The van der Waals surface area contributed by atoms with Gasteiger partial charge in [-0.25, -0.2) is 0 Å². The molecule has 1 atom stereocenters. The molecule has 0 bridgehead atoms.